The fraction of sp³-hybridized carbons (Fsp3) is 0.250. The van der Waals surface area contributed by atoms with Gasteiger partial charge in [0.25, 0.3) is 0 Å². The number of rotatable bonds is 2. The Morgan fingerprint density at radius 3 is 2.53 bits per heavy atom. The van der Waals surface area contributed by atoms with Crippen LogP contribution >= 0.6 is 0 Å². The first-order valence-electron chi connectivity index (χ1n) is 5.61. The van der Waals surface area contributed by atoms with Gasteiger partial charge < -0.3 is 10.1 Å². The first-order valence-corrected chi connectivity index (χ1v) is 5.61. The molecule has 0 saturated carbocycles. The standard InChI is InChI=1S/C12H15N3O4/c1-3-8-5-4-6-9(7-8)13-10(16)11(17)14-15-12(18)19-2/h4-7H,3H2,1-2H3,(H,13,16)(H,14,17)(H,15,18). The maximum Gasteiger partial charge on any atom is 0.425 e. The average Bonchev–Trinajstić information content (AvgIpc) is 2.44. The molecule has 0 aliphatic carbocycles. The van der Waals surface area contributed by atoms with Gasteiger partial charge >= 0.3 is 17.9 Å². The van der Waals surface area contributed by atoms with Crippen molar-refractivity contribution in [1.29, 1.82) is 0 Å². The van der Waals surface area contributed by atoms with E-state index >= 15 is 0 Å². The summed E-state index contributed by atoms with van der Waals surface area (Å²) in [7, 11) is 1.14. The molecule has 0 spiro atoms. The summed E-state index contributed by atoms with van der Waals surface area (Å²) in [6.07, 6.45) is -0.0473. The van der Waals surface area contributed by atoms with Crippen molar-refractivity contribution in [3.8, 4) is 0 Å². The van der Waals surface area contributed by atoms with Crippen molar-refractivity contribution in [3.63, 3.8) is 0 Å². The summed E-state index contributed by atoms with van der Waals surface area (Å²) >= 11 is 0. The molecule has 0 unspecified atom stereocenters. The van der Waals surface area contributed by atoms with Crippen molar-refractivity contribution in [1.82, 2.24) is 10.9 Å². The number of aryl methyl sites for hydroxylation is 1. The van der Waals surface area contributed by atoms with Gasteiger partial charge in [-0.05, 0) is 24.1 Å². The third-order valence-corrected chi connectivity index (χ3v) is 2.26. The van der Waals surface area contributed by atoms with Crippen LogP contribution in [0.1, 0.15) is 12.5 Å². The molecule has 1 aromatic rings. The van der Waals surface area contributed by atoms with Gasteiger partial charge in [0, 0.05) is 5.69 Å². The van der Waals surface area contributed by atoms with E-state index in [1.165, 1.54) is 0 Å². The van der Waals surface area contributed by atoms with Crippen LogP contribution in [0.15, 0.2) is 24.3 Å². The summed E-state index contributed by atoms with van der Waals surface area (Å²) in [5, 5.41) is 2.42. The molecule has 7 heteroatoms. The summed E-state index contributed by atoms with van der Waals surface area (Å²) in [6, 6.07) is 7.12. The number of hydrazine groups is 1. The number of benzene rings is 1. The minimum absolute atomic E-state index is 0.512. The third-order valence-electron chi connectivity index (χ3n) is 2.26. The number of ether oxygens (including phenoxy) is 1. The van der Waals surface area contributed by atoms with Crippen molar-refractivity contribution in [2.24, 2.45) is 0 Å². The molecule has 19 heavy (non-hydrogen) atoms. The molecule has 102 valence electrons. The van der Waals surface area contributed by atoms with Crippen molar-refractivity contribution < 1.29 is 19.1 Å². The van der Waals surface area contributed by atoms with Crippen molar-refractivity contribution in [2.45, 2.75) is 13.3 Å². The third kappa shape index (κ3) is 4.66. The fourth-order valence-electron chi connectivity index (χ4n) is 1.27. The van der Waals surface area contributed by atoms with Gasteiger partial charge in [-0.1, -0.05) is 19.1 Å². The molecule has 0 atom stereocenters. The Kier molecular flexibility index (Phi) is 5.34. The topological polar surface area (TPSA) is 96.5 Å². The Bertz CT molecular complexity index is 488. The summed E-state index contributed by atoms with van der Waals surface area (Å²) < 4.78 is 4.23. The van der Waals surface area contributed by atoms with Crippen LogP contribution in [0.4, 0.5) is 10.5 Å². The second kappa shape index (κ2) is 7.00. The molecule has 0 saturated heterocycles. The SMILES string of the molecule is CCc1cccc(NC(=O)C(=O)NNC(=O)OC)c1. The predicted octanol–water partition coefficient (Wildman–Crippen LogP) is 0.575. The number of carbonyl (C=O) groups is 3. The largest absolute Gasteiger partial charge is 0.452 e. The molecule has 0 fully saturated rings. The van der Waals surface area contributed by atoms with E-state index in [2.05, 4.69) is 10.1 Å². The lowest BCUT2D eigenvalue weighted by atomic mass is 10.1. The van der Waals surface area contributed by atoms with E-state index in [4.69, 9.17) is 0 Å². The molecule has 7 nitrogen and oxygen atoms in total. The van der Waals surface area contributed by atoms with Gasteiger partial charge in [0.2, 0.25) is 0 Å². The Morgan fingerprint density at radius 2 is 1.89 bits per heavy atom. The van der Waals surface area contributed by atoms with Crippen LogP contribution in [-0.2, 0) is 20.7 Å². The number of carbonyl (C=O) groups excluding carboxylic acids is 3. The second-order valence-corrected chi connectivity index (χ2v) is 3.58. The molecule has 0 aromatic heterocycles. The summed E-state index contributed by atoms with van der Waals surface area (Å²) in [5.41, 5.74) is 5.35. The molecule has 0 bridgehead atoms. The molecule has 1 rings (SSSR count). The summed E-state index contributed by atoms with van der Waals surface area (Å²) in [6.45, 7) is 1.98. The van der Waals surface area contributed by atoms with E-state index in [-0.39, 0.29) is 0 Å². The Labute approximate surface area is 110 Å². The molecule has 3 N–H and O–H groups in total. The molecular weight excluding hydrogens is 250 g/mol. The number of hydrogen-bond donors (Lipinski definition) is 3. The van der Waals surface area contributed by atoms with Gasteiger partial charge in [0.1, 0.15) is 0 Å². The Hall–Kier alpha value is -2.57. The van der Waals surface area contributed by atoms with Crippen molar-refractivity contribution >= 4 is 23.6 Å². The van der Waals surface area contributed by atoms with Crippen LogP contribution in [0.3, 0.4) is 0 Å². The number of hydrogen-bond acceptors (Lipinski definition) is 4. The number of anilines is 1. The zero-order valence-electron chi connectivity index (χ0n) is 10.6. The lowest BCUT2D eigenvalue weighted by molar-refractivity contribution is -0.136. The minimum Gasteiger partial charge on any atom is -0.452 e. The molecule has 1 aromatic carbocycles. The number of amides is 3. The highest BCUT2D eigenvalue weighted by molar-refractivity contribution is 6.39. The molecule has 0 radical (unpaired) electrons. The predicted molar refractivity (Wildman–Crippen MR) is 68.1 cm³/mol. The van der Waals surface area contributed by atoms with Gasteiger partial charge in [-0.25, -0.2) is 10.2 Å². The van der Waals surface area contributed by atoms with Crippen molar-refractivity contribution in [3.05, 3.63) is 29.8 Å². The zero-order chi connectivity index (χ0) is 14.3. The molecule has 0 aliphatic rings. The maximum absolute atomic E-state index is 11.5. The second-order valence-electron chi connectivity index (χ2n) is 3.58. The molecule has 0 aliphatic heterocycles. The minimum atomic E-state index is -0.993. The van der Waals surface area contributed by atoms with E-state index in [1.807, 2.05) is 23.8 Å². The highest BCUT2D eigenvalue weighted by Gasteiger charge is 2.14. The van der Waals surface area contributed by atoms with Crippen LogP contribution in [0, 0.1) is 0 Å². The van der Waals surface area contributed by atoms with Crippen LogP contribution in [0.5, 0.6) is 0 Å². The van der Waals surface area contributed by atoms with Crippen LogP contribution in [0.25, 0.3) is 0 Å². The number of methoxy groups -OCH3 is 1. The van der Waals surface area contributed by atoms with Gasteiger partial charge in [-0.15, -0.1) is 0 Å². The van der Waals surface area contributed by atoms with E-state index < -0.39 is 17.9 Å². The normalized spacial score (nSPS) is 9.37. The van der Waals surface area contributed by atoms with Crippen LogP contribution < -0.4 is 16.2 Å². The average molecular weight is 265 g/mol. The molecule has 0 heterocycles. The molecular formula is C12H15N3O4. The van der Waals surface area contributed by atoms with E-state index in [0.29, 0.717) is 5.69 Å². The van der Waals surface area contributed by atoms with Crippen LogP contribution in [-0.4, -0.2) is 25.0 Å². The number of nitrogens with one attached hydrogen (secondary N) is 3. The Balaban J connectivity index is 2.53. The quantitative estimate of drug-likeness (QED) is 0.538. The highest BCUT2D eigenvalue weighted by atomic mass is 16.5. The van der Waals surface area contributed by atoms with Crippen LogP contribution in [0.2, 0.25) is 0 Å². The Morgan fingerprint density at radius 1 is 1.16 bits per heavy atom. The lowest BCUT2D eigenvalue weighted by Crippen LogP contribution is -2.46. The summed E-state index contributed by atoms with van der Waals surface area (Å²) in [5.74, 6) is -1.88. The zero-order valence-corrected chi connectivity index (χ0v) is 10.6. The van der Waals surface area contributed by atoms with Crippen molar-refractivity contribution in [2.75, 3.05) is 12.4 Å². The fourth-order valence-corrected chi connectivity index (χ4v) is 1.27. The first kappa shape index (κ1) is 14.5. The molecule has 3 amide bonds. The monoisotopic (exact) mass is 265 g/mol. The van der Waals surface area contributed by atoms with E-state index in [9.17, 15) is 14.4 Å². The van der Waals surface area contributed by atoms with Gasteiger partial charge in [-0.3, -0.25) is 15.0 Å². The van der Waals surface area contributed by atoms with E-state index in [1.54, 1.807) is 18.2 Å². The van der Waals surface area contributed by atoms with Gasteiger partial charge in [0.15, 0.2) is 0 Å². The lowest BCUT2D eigenvalue weighted by Gasteiger charge is -2.07. The first-order chi connectivity index (χ1) is 9.06. The summed E-state index contributed by atoms with van der Waals surface area (Å²) in [4.78, 5) is 33.5. The van der Waals surface area contributed by atoms with Gasteiger partial charge in [-0.2, -0.15) is 0 Å². The maximum atomic E-state index is 11.5. The highest BCUT2D eigenvalue weighted by Crippen LogP contribution is 2.10. The van der Waals surface area contributed by atoms with Gasteiger partial charge in [0.05, 0.1) is 7.11 Å². The van der Waals surface area contributed by atoms with E-state index in [0.717, 1.165) is 19.1 Å². The smallest absolute Gasteiger partial charge is 0.425 e.